The first kappa shape index (κ1) is 18.7. The quantitative estimate of drug-likeness (QED) is 0.719. The van der Waals surface area contributed by atoms with E-state index in [2.05, 4.69) is 16.5 Å². The standard InChI is InChI=1S/C20H26N4O4/c1-3-8-24-19(26)17-14-6-4-5-7-15(14)28-18(17)21-20(24)27-13-16(25)23-11-9-22(2)10-12-23/h3H,1,4-13H2,2H3. The Morgan fingerprint density at radius 3 is 2.75 bits per heavy atom. The van der Waals surface area contributed by atoms with Crippen molar-refractivity contribution < 1.29 is 13.9 Å². The normalized spacial score (nSPS) is 17.5. The Hall–Kier alpha value is -2.61. The van der Waals surface area contributed by atoms with Gasteiger partial charge in [-0.15, -0.1) is 6.58 Å². The maximum Gasteiger partial charge on any atom is 0.303 e. The summed E-state index contributed by atoms with van der Waals surface area (Å²) in [6, 6.07) is 0.103. The summed E-state index contributed by atoms with van der Waals surface area (Å²) in [6.07, 6.45) is 5.37. The second-order valence-electron chi connectivity index (χ2n) is 7.46. The average Bonchev–Trinajstić information content (AvgIpc) is 3.07. The molecule has 0 radical (unpaired) electrons. The van der Waals surface area contributed by atoms with Crippen LogP contribution in [0.5, 0.6) is 6.01 Å². The van der Waals surface area contributed by atoms with E-state index in [9.17, 15) is 9.59 Å². The van der Waals surface area contributed by atoms with E-state index < -0.39 is 0 Å². The third-order valence-corrected chi connectivity index (χ3v) is 5.53. The SMILES string of the molecule is C=CCn1c(OCC(=O)N2CCN(C)CC2)nc2oc3c(c2c1=O)CCCC3. The summed E-state index contributed by atoms with van der Waals surface area (Å²) in [5.74, 6) is 0.744. The lowest BCUT2D eigenvalue weighted by molar-refractivity contribution is -0.135. The van der Waals surface area contributed by atoms with Crippen molar-refractivity contribution in [3.05, 3.63) is 34.3 Å². The lowest BCUT2D eigenvalue weighted by atomic mass is 9.97. The Morgan fingerprint density at radius 1 is 1.25 bits per heavy atom. The van der Waals surface area contributed by atoms with Gasteiger partial charge in [-0.2, -0.15) is 4.98 Å². The zero-order valence-electron chi connectivity index (χ0n) is 16.3. The van der Waals surface area contributed by atoms with Gasteiger partial charge in [0.2, 0.25) is 5.71 Å². The lowest BCUT2D eigenvalue weighted by Gasteiger charge is -2.32. The molecular formula is C20H26N4O4. The summed E-state index contributed by atoms with van der Waals surface area (Å²) in [7, 11) is 2.04. The van der Waals surface area contributed by atoms with Gasteiger partial charge in [0.1, 0.15) is 11.1 Å². The smallest absolute Gasteiger partial charge is 0.303 e. The van der Waals surface area contributed by atoms with E-state index in [1.165, 1.54) is 4.57 Å². The van der Waals surface area contributed by atoms with Gasteiger partial charge in [0, 0.05) is 44.7 Å². The molecule has 0 N–H and O–H groups in total. The minimum atomic E-state index is -0.196. The number of furan rings is 1. The van der Waals surface area contributed by atoms with Gasteiger partial charge in [0.05, 0.1) is 0 Å². The summed E-state index contributed by atoms with van der Waals surface area (Å²) in [5, 5.41) is 0.536. The van der Waals surface area contributed by atoms with Crippen LogP contribution >= 0.6 is 0 Å². The summed E-state index contributed by atoms with van der Waals surface area (Å²) < 4.78 is 13.0. The highest BCUT2D eigenvalue weighted by Crippen LogP contribution is 2.30. The van der Waals surface area contributed by atoms with Crippen molar-refractivity contribution in [3.8, 4) is 6.01 Å². The Balaban J connectivity index is 1.61. The van der Waals surface area contributed by atoms with Gasteiger partial charge in [-0.05, 0) is 26.3 Å². The molecule has 0 unspecified atom stereocenters. The maximum atomic E-state index is 13.1. The largest absolute Gasteiger partial charge is 0.454 e. The minimum Gasteiger partial charge on any atom is -0.454 e. The molecule has 2 aromatic heterocycles. The molecule has 28 heavy (non-hydrogen) atoms. The molecule has 1 aliphatic heterocycles. The van der Waals surface area contributed by atoms with Crippen molar-refractivity contribution in [2.45, 2.75) is 32.2 Å². The van der Waals surface area contributed by atoms with E-state index in [0.29, 0.717) is 24.2 Å². The fourth-order valence-corrected chi connectivity index (χ4v) is 3.89. The molecule has 0 bridgehead atoms. The van der Waals surface area contributed by atoms with Crippen molar-refractivity contribution in [2.75, 3.05) is 39.8 Å². The number of aromatic nitrogens is 2. The topological polar surface area (TPSA) is 80.8 Å². The Morgan fingerprint density at radius 2 is 2.00 bits per heavy atom. The molecule has 1 fully saturated rings. The highest BCUT2D eigenvalue weighted by Gasteiger charge is 2.25. The van der Waals surface area contributed by atoms with Gasteiger partial charge in [-0.3, -0.25) is 14.2 Å². The van der Waals surface area contributed by atoms with Crippen LogP contribution in [0.15, 0.2) is 21.9 Å². The number of likely N-dealkylation sites (N-methyl/N-ethyl adjacent to an activating group) is 1. The van der Waals surface area contributed by atoms with Gasteiger partial charge in [-0.1, -0.05) is 6.08 Å². The maximum absolute atomic E-state index is 13.1. The number of nitrogens with zero attached hydrogens (tertiary/aromatic N) is 4. The van der Waals surface area contributed by atoms with E-state index in [4.69, 9.17) is 9.15 Å². The number of allylic oxidation sites excluding steroid dienone is 1. The number of rotatable bonds is 5. The Bertz CT molecular complexity index is 953. The third kappa shape index (κ3) is 3.44. The number of hydrogen-bond acceptors (Lipinski definition) is 6. The molecule has 8 heteroatoms. The minimum absolute atomic E-state index is 0.103. The summed E-state index contributed by atoms with van der Waals surface area (Å²) >= 11 is 0. The van der Waals surface area contributed by atoms with E-state index in [0.717, 1.165) is 50.1 Å². The fraction of sp³-hybridized carbons (Fsp3) is 0.550. The molecule has 0 spiro atoms. The number of aryl methyl sites for hydroxylation is 2. The lowest BCUT2D eigenvalue weighted by Crippen LogP contribution is -2.48. The molecule has 0 atom stereocenters. The van der Waals surface area contributed by atoms with Gasteiger partial charge in [0.15, 0.2) is 6.61 Å². The Labute approximate surface area is 163 Å². The molecule has 0 saturated carbocycles. The summed E-state index contributed by atoms with van der Waals surface area (Å²) in [5.41, 5.74) is 1.08. The van der Waals surface area contributed by atoms with Crippen LogP contribution in [0.4, 0.5) is 0 Å². The second-order valence-corrected chi connectivity index (χ2v) is 7.46. The van der Waals surface area contributed by atoms with Crippen LogP contribution in [-0.4, -0.2) is 65.1 Å². The van der Waals surface area contributed by atoms with Gasteiger partial charge >= 0.3 is 6.01 Å². The number of amides is 1. The molecule has 3 heterocycles. The monoisotopic (exact) mass is 386 g/mol. The van der Waals surface area contributed by atoms with Crippen LogP contribution in [0.3, 0.4) is 0 Å². The molecule has 1 saturated heterocycles. The van der Waals surface area contributed by atoms with Gasteiger partial charge < -0.3 is 19.0 Å². The first-order valence-corrected chi connectivity index (χ1v) is 9.83. The molecule has 0 aromatic carbocycles. The average molecular weight is 386 g/mol. The van der Waals surface area contributed by atoms with E-state index >= 15 is 0 Å². The molecular weight excluding hydrogens is 360 g/mol. The van der Waals surface area contributed by atoms with Crippen molar-refractivity contribution >= 4 is 17.0 Å². The zero-order chi connectivity index (χ0) is 19.7. The predicted octanol–water partition coefficient (Wildman–Crippen LogP) is 1.21. The molecule has 1 aliphatic carbocycles. The molecule has 8 nitrogen and oxygen atoms in total. The van der Waals surface area contributed by atoms with Crippen LogP contribution in [0, 0.1) is 0 Å². The summed E-state index contributed by atoms with van der Waals surface area (Å²) in [6.45, 7) is 6.87. The molecule has 4 rings (SSSR count). The van der Waals surface area contributed by atoms with Crippen LogP contribution in [-0.2, 0) is 24.2 Å². The number of carbonyl (C=O) groups is 1. The van der Waals surface area contributed by atoms with Crippen LogP contribution in [0.25, 0.3) is 11.1 Å². The van der Waals surface area contributed by atoms with Crippen LogP contribution < -0.4 is 10.3 Å². The van der Waals surface area contributed by atoms with E-state index in [1.54, 1.807) is 11.0 Å². The highest BCUT2D eigenvalue weighted by atomic mass is 16.5. The van der Waals surface area contributed by atoms with Crippen LogP contribution in [0.2, 0.25) is 0 Å². The molecule has 2 aliphatic rings. The number of hydrogen-bond donors (Lipinski definition) is 0. The van der Waals surface area contributed by atoms with Crippen molar-refractivity contribution in [1.82, 2.24) is 19.4 Å². The first-order chi connectivity index (χ1) is 13.6. The number of carbonyl (C=O) groups excluding carboxylic acids is 1. The highest BCUT2D eigenvalue weighted by molar-refractivity contribution is 5.79. The van der Waals surface area contributed by atoms with Crippen molar-refractivity contribution in [1.29, 1.82) is 0 Å². The van der Waals surface area contributed by atoms with E-state index in [-0.39, 0.29) is 30.6 Å². The Kier molecular flexibility index (Phi) is 5.21. The first-order valence-electron chi connectivity index (χ1n) is 9.83. The number of ether oxygens (including phenoxy) is 1. The second kappa shape index (κ2) is 7.79. The number of piperazine rings is 1. The van der Waals surface area contributed by atoms with Crippen LogP contribution in [0.1, 0.15) is 24.2 Å². The summed E-state index contributed by atoms with van der Waals surface area (Å²) in [4.78, 5) is 34.0. The number of fused-ring (bicyclic) bond motifs is 3. The molecule has 2 aromatic rings. The third-order valence-electron chi connectivity index (χ3n) is 5.53. The fourth-order valence-electron chi connectivity index (χ4n) is 3.89. The zero-order valence-corrected chi connectivity index (χ0v) is 16.3. The van der Waals surface area contributed by atoms with E-state index in [1.807, 2.05) is 7.05 Å². The molecule has 1 amide bonds. The van der Waals surface area contributed by atoms with Crippen molar-refractivity contribution in [2.24, 2.45) is 0 Å². The predicted molar refractivity (Wildman–Crippen MR) is 105 cm³/mol. The molecule has 150 valence electrons. The van der Waals surface area contributed by atoms with Gasteiger partial charge in [-0.25, -0.2) is 0 Å². The van der Waals surface area contributed by atoms with Crippen molar-refractivity contribution in [3.63, 3.8) is 0 Å². The van der Waals surface area contributed by atoms with Gasteiger partial charge in [0.25, 0.3) is 11.5 Å².